The number of benzene rings is 1. The van der Waals surface area contributed by atoms with Gasteiger partial charge in [0.15, 0.2) is 5.03 Å². The summed E-state index contributed by atoms with van der Waals surface area (Å²) in [7, 11) is -10.0. The molecule has 1 aliphatic heterocycles. The minimum Gasteiger partial charge on any atom is -0.370 e. The predicted octanol–water partition coefficient (Wildman–Crippen LogP) is 8.08. The minimum atomic E-state index is -10.0. The number of anilines is 2. The van der Waals surface area contributed by atoms with Gasteiger partial charge < -0.3 is 10.2 Å². The molecule has 0 unspecified atom stereocenters. The molecular weight excluding hydrogens is 513 g/mol. The Bertz CT molecular complexity index is 1330. The van der Waals surface area contributed by atoms with E-state index < -0.39 is 26.9 Å². The van der Waals surface area contributed by atoms with Crippen molar-refractivity contribution < 1.29 is 24.2 Å². The van der Waals surface area contributed by atoms with E-state index in [9.17, 15) is 24.2 Å². The van der Waals surface area contributed by atoms with Gasteiger partial charge in [0.25, 0.3) is 5.91 Å². The summed E-state index contributed by atoms with van der Waals surface area (Å²) in [5, 5.41) is 5.89. The second kappa shape index (κ2) is 8.57. The molecule has 0 radical (unpaired) electrons. The number of hydrogen-bond donors (Lipinski definition) is 1. The number of hydrogen-bond acceptors (Lipinski definition) is 4. The quantitative estimate of drug-likeness (QED) is 0.331. The van der Waals surface area contributed by atoms with Crippen LogP contribution in [0.5, 0.6) is 0 Å². The molecule has 3 aromatic rings. The smallest absolute Gasteiger partial charge is 0.325 e. The lowest BCUT2D eigenvalue weighted by molar-refractivity contribution is 0.102. The van der Waals surface area contributed by atoms with Crippen molar-refractivity contribution in [3.63, 3.8) is 0 Å². The molecular formula is C25H30F5N5OS. The summed E-state index contributed by atoms with van der Waals surface area (Å²) in [5.41, 5.74) is 1.11. The van der Waals surface area contributed by atoms with Gasteiger partial charge in [-0.2, -0.15) is 5.10 Å². The first-order chi connectivity index (χ1) is 17.3. The number of carbonyl (C=O) groups excluding carboxylic acids is 1. The molecule has 1 saturated carbocycles. The SMILES string of the molecule is C[C@H]1CC[C@H](n2cc3cc(NC(=O)c4cccc(S(F)(F)(F)(F)F)n4)c(N4CCCCC4)cc3n2)CC1. The lowest BCUT2D eigenvalue weighted by Crippen LogP contribution is -2.30. The van der Waals surface area contributed by atoms with Crippen molar-refractivity contribution in [2.45, 2.75) is 62.9 Å². The van der Waals surface area contributed by atoms with Crippen molar-refractivity contribution in [2.24, 2.45) is 5.92 Å². The molecule has 0 spiro atoms. The number of fused-ring (bicyclic) bond motifs is 1. The Balaban J connectivity index is 1.49. The fraction of sp³-hybridized carbons (Fsp3) is 0.480. The standard InChI is InChI=1S/C25H30F5N5OS/c1-17-8-10-19(11-9-17)35-16-18-14-22(23(15-21(18)33-35)34-12-3-2-4-13-34)32-25(36)20-6-5-7-24(31-20)37(26,27,28,29)30/h5-7,14-17,19H,2-4,8-13H2,1H3,(H,32,36)/t17-,19-. The second-order valence-corrected chi connectivity index (χ2v) is 12.6. The van der Waals surface area contributed by atoms with E-state index in [2.05, 4.69) is 22.1 Å². The van der Waals surface area contributed by atoms with Gasteiger partial charge in [0.05, 0.1) is 22.9 Å². The van der Waals surface area contributed by atoms with E-state index in [1.165, 1.54) is 0 Å². The first-order valence-corrected chi connectivity index (χ1v) is 14.5. The maximum Gasteiger partial charge on any atom is 0.325 e. The van der Waals surface area contributed by atoms with Crippen LogP contribution in [0.4, 0.5) is 30.8 Å². The molecule has 3 heterocycles. The molecule has 2 aromatic heterocycles. The fourth-order valence-electron chi connectivity index (χ4n) is 5.21. The highest BCUT2D eigenvalue weighted by Gasteiger charge is 2.67. The normalized spacial score (nSPS) is 22.9. The van der Waals surface area contributed by atoms with E-state index in [1.807, 2.05) is 16.9 Å². The van der Waals surface area contributed by atoms with Crippen LogP contribution >= 0.6 is 10.2 Å². The van der Waals surface area contributed by atoms with Crippen LogP contribution in [-0.2, 0) is 0 Å². The van der Waals surface area contributed by atoms with Gasteiger partial charge >= 0.3 is 10.2 Å². The molecule has 37 heavy (non-hydrogen) atoms. The third kappa shape index (κ3) is 5.68. The third-order valence-electron chi connectivity index (χ3n) is 7.30. The molecule has 12 heteroatoms. The zero-order valence-electron chi connectivity index (χ0n) is 20.5. The van der Waals surface area contributed by atoms with Gasteiger partial charge in [-0.3, -0.25) is 9.48 Å². The van der Waals surface area contributed by atoms with Crippen molar-refractivity contribution in [1.82, 2.24) is 14.8 Å². The van der Waals surface area contributed by atoms with Crippen LogP contribution in [0.3, 0.4) is 0 Å². The Morgan fingerprint density at radius 1 is 1.00 bits per heavy atom. The molecule has 1 aliphatic carbocycles. The number of piperidine rings is 1. The molecule has 1 aromatic carbocycles. The summed E-state index contributed by atoms with van der Waals surface area (Å²) in [6.45, 7) is 3.76. The lowest BCUT2D eigenvalue weighted by Gasteiger charge is -2.39. The van der Waals surface area contributed by atoms with Gasteiger partial charge in [0, 0.05) is 24.7 Å². The van der Waals surface area contributed by atoms with E-state index in [0.29, 0.717) is 23.3 Å². The van der Waals surface area contributed by atoms with Crippen LogP contribution in [0.15, 0.2) is 41.6 Å². The molecule has 0 bridgehead atoms. The van der Waals surface area contributed by atoms with E-state index in [0.717, 1.165) is 81.1 Å². The van der Waals surface area contributed by atoms with Gasteiger partial charge in [-0.05, 0) is 75.1 Å². The first kappa shape index (κ1) is 25.7. The van der Waals surface area contributed by atoms with Crippen molar-refractivity contribution in [3.8, 4) is 0 Å². The number of rotatable bonds is 5. The number of aromatic nitrogens is 3. The largest absolute Gasteiger partial charge is 0.370 e. The Morgan fingerprint density at radius 2 is 1.70 bits per heavy atom. The summed E-state index contributed by atoms with van der Waals surface area (Å²) in [4.78, 5) is 18.0. The minimum absolute atomic E-state index is 0.184. The van der Waals surface area contributed by atoms with Crippen LogP contribution in [-0.4, -0.2) is 33.8 Å². The van der Waals surface area contributed by atoms with Gasteiger partial charge in [0.2, 0.25) is 0 Å². The third-order valence-corrected chi connectivity index (χ3v) is 8.31. The second-order valence-electron chi connectivity index (χ2n) is 10.3. The fourth-order valence-corrected chi connectivity index (χ4v) is 5.82. The van der Waals surface area contributed by atoms with Crippen LogP contribution in [0.25, 0.3) is 10.9 Å². The predicted molar refractivity (Wildman–Crippen MR) is 136 cm³/mol. The Hall–Kier alpha value is -2.89. The van der Waals surface area contributed by atoms with E-state index >= 15 is 0 Å². The summed E-state index contributed by atoms with van der Waals surface area (Å²) in [6, 6.07) is 5.86. The van der Waals surface area contributed by atoms with Gasteiger partial charge in [-0.1, -0.05) is 32.4 Å². The van der Waals surface area contributed by atoms with E-state index in [1.54, 1.807) is 6.07 Å². The van der Waals surface area contributed by atoms with Crippen molar-refractivity contribution in [1.29, 1.82) is 0 Å². The average Bonchev–Trinajstić information content (AvgIpc) is 3.26. The maximum atomic E-state index is 13.3. The lowest BCUT2D eigenvalue weighted by atomic mass is 9.87. The number of pyridine rings is 1. The van der Waals surface area contributed by atoms with Crippen molar-refractivity contribution >= 4 is 38.4 Å². The number of nitrogens with one attached hydrogen (secondary N) is 1. The van der Waals surface area contributed by atoms with Crippen LogP contribution < -0.4 is 10.2 Å². The molecule has 2 fully saturated rings. The molecule has 6 nitrogen and oxygen atoms in total. The van der Waals surface area contributed by atoms with Crippen molar-refractivity contribution in [2.75, 3.05) is 23.3 Å². The summed E-state index contributed by atoms with van der Waals surface area (Å²) < 4.78 is 68.3. The summed E-state index contributed by atoms with van der Waals surface area (Å²) in [5.74, 6) is -0.296. The zero-order chi connectivity index (χ0) is 26.5. The monoisotopic (exact) mass is 543 g/mol. The van der Waals surface area contributed by atoms with Crippen LogP contribution in [0.2, 0.25) is 0 Å². The highest BCUT2D eigenvalue weighted by atomic mass is 32.5. The number of carbonyl (C=O) groups is 1. The Kier molecular flexibility index (Phi) is 5.96. The van der Waals surface area contributed by atoms with E-state index in [-0.39, 0.29) is 6.07 Å². The molecule has 5 rings (SSSR count). The average molecular weight is 544 g/mol. The molecule has 2 aliphatic rings. The van der Waals surface area contributed by atoms with Gasteiger partial charge in [0.1, 0.15) is 5.69 Å². The maximum absolute atomic E-state index is 13.3. The number of nitrogens with zero attached hydrogens (tertiary/aromatic N) is 4. The zero-order valence-corrected chi connectivity index (χ0v) is 21.3. The summed E-state index contributed by atoms with van der Waals surface area (Å²) in [6.07, 6.45) is 9.27. The molecule has 1 amide bonds. The number of halogens is 5. The summed E-state index contributed by atoms with van der Waals surface area (Å²) >= 11 is 0. The highest BCUT2D eigenvalue weighted by Crippen LogP contribution is 3.01. The van der Waals surface area contributed by atoms with Gasteiger partial charge in [-0.15, -0.1) is 0 Å². The number of amides is 1. The van der Waals surface area contributed by atoms with Crippen LogP contribution in [0.1, 0.15) is 68.4 Å². The Labute approximate surface area is 212 Å². The van der Waals surface area contributed by atoms with Gasteiger partial charge in [-0.25, -0.2) is 4.98 Å². The Morgan fingerprint density at radius 3 is 2.38 bits per heavy atom. The topological polar surface area (TPSA) is 63.1 Å². The molecule has 202 valence electrons. The van der Waals surface area contributed by atoms with Crippen LogP contribution in [0, 0.1) is 5.92 Å². The molecule has 1 saturated heterocycles. The molecule has 0 atom stereocenters. The molecule has 1 N–H and O–H groups in total. The van der Waals surface area contributed by atoms with E-state index in [4.69, 9.17) is 5.10 Å². The van der Waals surface area contributed by atoms with Crippen molar-refractivity contribution in [3.05, 3.63) is 42.2 Å². The first-order valence-electron chi connectivity index (χ1n) is 12.6. The highest BCUT2D eigenvalue weighted by molar-refractivity contribution is 8.45.